The van der Waals surface area contributed by atoms with E-state index < -0.39 is 0 Å². The predicted molar refractivity (Wildman–Crippen MR) is 79.6 cm³/mol. The van der Waals surface area contributed by atoms with Crippen molar-refractivity contribution in [2.24, 2.45) is 0 Å². The second-order valence-corrected chi connectivity index (χ2v) is 5.10. The molecule has 1 aromatic carbocycles. The molecular weight excluding hydrogens is 252 g/mol. The summed E-state index contributed by atoms with van der Waals surface area (Å²) in [5.41, 5.74) is 1.96. The molecule has 4 nitrogen and oxygen atoms in total. The first-order chi connectivity index (χ1) is 9.52. The summed E-state index contributed by atoms with van der Waals surface area (Å²) in [6.07, 6.45) is 0. The lowest BCUT2D eigenvalue weighted by Gasteiger charge is -2.15. The molecule has 1 heterocycles. The van der Waals surface area contributed by atoms with Crippen molar-refractivity contribution in [3.8, 4) is 0 Å². The lowest BCUT2D eigenvalue weighted by molar-refractivity contribution is -0.117. The molecule has 20 heavy (non-hydrogen) atoms. The SMILES string of the molecule is Cc1cccc(NC(=O)CN(C)Cc2ccc(C)o2)c1. The second-order valence-electron chi connectivity index (χ2n) is 5.10. The van der Waals surface area contributed by atoms with E-state index in [-0.39, 0.29) is 5.91 Å². The number of aryl methyl sites for hydroxylation is 2. The molecule has 4 heteroatoms. The molecule has 0 unspecified atom stereocenters. The summed E-state index contributed by atoms with van der Waals surface area (Å²) in [7, 11) is 1.90. The molecular formula is C16H20N2O2. The lowest BCUT2D eigenvalue weighted by atomic mass is 10.2. The number of nitrogens with zero attached hydrogens (tertiary/aromatic N) is 1. The third-order valence-electron chi connectivity index (χ3n) is 2.94. The quantitative estimate of drug-likeness (QED) is 0.910. The van der Waals surface area contributed by atoms with Crippen LogP contribution in [0.3, 0.4) is 0 Å². The van der Waals surface area contributed by atoms with Crippen molar-refractivity contribution >= 4 is 11.6 Å². The van der Waals surface area contributed by atoms with Crippen LogP contribution in [0.2, 0.25) is 0 Å². The van der Waals surface area contributed by atoms with Gasteiger partial charge in [0.05, 0.1) is 13.1 Å². The third kappa shape index (κ3) is 4.24. The Balaban J connectivity index is 1.84. The molecule has 2 rings (SSSR count). The average molecular weight is 272 g/mol. The highest BCUT2D eigenvalue weighted by atomic mass is 16.3. The number of benzene rings is 1. The molecule has 0 bridgehead atoms. The van der Waals surface area contributed by atoms with Crippen LogP contribution in [0.15, 0.2) is 40.8 Å². The minimum Gasteiger partial charge on any atom is -0.465 e. The van der Waals surface area contributed by atoms with E-state index in [0.717, 1.165) is 22.8 Å². The molecule has 0 radical (unpaired) electrons. The molecule has 0 spiro atoms. The molecule has 0 saturated heterocycles. The number of carbonyl (C=O) groups excluding carboxylic acids is 1. The van der Waals surface area contributed by atoms with Crippen molar-refractivity contribution in [1.82, 2.24) is 4.90 Å². The van der Waals surface area contributed by atoms with Crippen LogP contribution < -0.4 is 5.32 Å². The maximum Gasteiger partial charge on any atom is 0.238 e. The first-order valence-corrected chi connectivity index (χ1v) is 6.63. The van der Waals surface area contributed by atoms with Gasteiger partial charge in [-0.15, -0.1) is 0 Å². The van der Waals surface area contributed by atoms with Crippen LogP contribution in [0.1, 0.15) is 17.1 Å². The van der Waals surface area contributed by atoms with Crippen LogP contribution >= 0.6 is 0 Å². The minimum atomic E-state index is -0.0265. The van der Waals surface area contributed by atoms with Crippen molar-refractivity contribution < 1.29 is 9.21 Å². The number of amides is 1. The van der Waals surface area contributed by atoms with Gasteiger partial charge in [0.2, 0.25) is 5.91 Å². The van der Waals surface area contributed by atoms with E-state index in [2.05, 4.69) is 5.32 Å². The van der Waals surface area contributed by atoms with Crippen LogP contribution in [-0.4, -0.2) is 24.4 Å². The number of anilines is 1. The van der Waals surface area contributed by atoms with E-state index in [1.54, 1.807) is 0 Å². The zero-order valence-electron chi connectivity index (χ0n) is 12.1. The van der Waals surface area contributed by atoms with Gasteiger partial charge >= 0.3 is 0 Å². The fourth-order valence-electron chi connectivity index (χ4n) is 2.06. The Morgan fingerprint density at radius 1 is 1.25 bits per heavy atom. The Morgan fingerprint density at radius 3 is 2.70 bits per heavy atom. The Labute approximate surface area is 119 Å². The number of rotatable bonds is 5. The maximum absolute atomic E-state index is 11.9. The van der Waals surface area contributed by atoms with Crippen molar-refractivity contribution in [3.63, 3.8) is 0 Å². The number of likely N-dealkylation sites (N-methyl/N-ethyl adjacent to an activating group) is 1. The summed E-state index contributed by atoms with van der Waals surface area (Å²) in [5.74, 6) is 1.73. The normalized spacial score (nSPS) is 10.8. The molecule has 0 aliphatic heterocycles. The van der Waals surface area contributed by atoms with Gasteiger partial charge in [-0.05, 0) is 50.7 Å². The van der Waals surface area contributed by atoms with Crippen LogP contribution in [0.5, 0.6) is 0 Å². The minimum absolute atomic E-state index is 0.0265. The first kappa shape index (κ1) is 14.3. The Hall–Kier alpha value is -2.07. The van der Waals surface area contributed by atoms with Gasteiger partial charge in [-0.1, -0.05) is 12.1 Å². The predicted octanol–water partition coefficient (Wildman–Crippen LogP) is 2.97. The molecule has 2 aromatic rings. The smallest absolute Gasteiger partial charge is 0.238 e. The molecule has 1 aromatic heterocycles. The van der Waals surface area contributed by atoms with Crippen LogP contribution in [0, 0.1) is 13.8 Å². The number of nitrogens with one attached hydrogen (secondary N) is 1. The molecule has 0 atom stereocenters. The van der Waals surface area contributed by atoms with Gasteiger partial charge < -0.3 is 9.73 Å². The van der Waals surface area contributed by atoms with Gasteiger partial charge in [0.1, 0.15) is 11.5 Å². The van der Waals surface area contributed by atoms with Gasteiger partial charge in [-0.3, -0.25) is 9.69 Å². The van der Waals surface area contributed by atoms with E-state index in [4.69, 9.17) is 4.42 Å². The summed E-state index contributed by atoms with van der Waals surface area (Å²) in [6.45, 7) is 4.86. The molecule has 106 valence electrons. The fourth-order valence-corrected chi connectivity index (χ4v) is 2.06. The van der Waals surface area contributed by atoms with Gasteiger partial charge in [0.25, 0.3) is 0 Å². The zero-order valence-corrected chi connectivity index (χ0v) is 12.1. The van der Waals surface area contributed by atoms with E-state index in [1.807, 2.05) is 62.2 Å². The van der Waals surface area contributed by atoms with E-state index >= 15 is 0 Å². The molecule has 0 fully saturated rings. The van der Waals surface area contributed by atoms with E-state index in [1.165, 1.54) is 0 Å². The van der Waals surface area contributed by atoms with Gasteiger partial charge in [-0.2, -0.15) is 0 Å². The highest BCUT2D eigenvalue weighted by molar-refractivity contribution is 5.92. The fraction of sp³-hybridized carbons (Fsp3) is 0.312. The first-order valence-electron chi connectivity index (χ1n) is 6.63. The average Bonchev–Trinajstić information content (AvgIpc) is 2.74. The van der Waals surface area contributed by atoms with Gasteiger partial charge in [0, 0.05) is 5.69 Å². The monoisotopic (exact) mass is 272 g/mol. The Kier molecular flexibility index (Phi) is 4.58. The summed E-state index contributed by atoms with van der Waals surface area (Å²) in [5, 5.41) is 2.89. The highest BCUT2D eigenvalue weighted by Crippen LogP contribution is 2.10. The van der Waals surface area contributed by atoms with Crippen molar-refractivity contribution in [1.29, 1.82) is 0 Å². The number of carbonyl (C=O) groups is 1. The van der Waals surface area contributed by atoms with Crippen LogP contribution in [-0.2, 0) is 11.3 Å². The van der Waals surface area contributed by atoms with E-state index in [0.29, 0.717) is 13.1 Å². The van der Waals surface area contributed by atoms with Crippen molar-refractivity contribution in [2.45, 2.75) is 20.4 Å². The Morgan fingerprint density at radius 2 is 2.05 bits per heavy atom. The molecule has 0 aliphatic rings. The van der Waals surface area contributed by atoms with Gasteiger partial charge in [0.15, 0.2) is 0 Å². The molecule has 0 aliphatic carbocycles. The number of hydrogen-bond acceptors (Lipinski definition) is 3. The summed E-state index contributed by atoms with van der Waals surface area (Å²) in [6, 6.07) is 11.6. The standard InChI is InChI=1S/C16H20N2O2/c1-12-5-4-6-14(9-12)17-16(19)11-18(3)10-15-8-7-13(2)20-15/h4-9H,10-11H2,1-3H3,(H,17,19). The lowest BCUT2D eigenvalue weighted by Crippen LogP contribution is -2.29. The van der Waals surface area contributed by atoms with Crippen LogP contribution in [0.25, 0.3) is 0 Å². The van der Waals surface area contributed by atoms with Gasteiger partial charge in [-0.25, -0.2) is 0 Å². The largest absolute Gasteiger partial charge is 0.465 e. The summed E-state index contributed by atoms with van der Waals surface area (Å²) in [4.78, 5) is 13.9. The maximum atomic E-state index is 11.9. The number of furan rings is 1. The van der Waals surface area contributed by atoms with Crippen LogP contribution in [0.4, 0.5) is 5.69 Å². The second kappa shape index (κ2) is 6.39. The third-order valence-corrected chi connectivity index (χ3v) is 2.94. The summed E-state index contributed by atoms with van der Waals surface area (Å²) >= 11 is 0. The Bertz CT molecular complexity index is 590. The van der Waals surface area contributed by atoms with Crippen molar-refractivity contribution in [2.75, 3.05) is 18.9 Å². The van der Waals surface area contributed by atoms with Crippen molar-refractivity contribution in [3.05, 3.63) is 53.5 Å². The molecule has 0 saturated carbocycles. The molecule has 1 amide bonds. The number of hydrogen-bond donors (Lipinski definition) is 1. The molecule has 1 N–H and O–H groups in total. The summed E-state index contributed by atoms with van der Waals surface area (Å²) < 4.78 is 5.50. The van der Waals surface area contributed by atoms with E-state index in [9.17, 15) is 4.79 Å². The highest BCUT2D eigenvalue weighted by Gasteiger charge is 2.09. The zero-order chi connectivity index (χ0) is 14.5. The topological polar surface area (TPSA) is 45.5 Å².